The van der Waals surface area contributed by atoms with Crippen molar-refractivity contribution in [2.75, 3.05) is 0 Å². The van der Waals surface area contributed by atoms with Crippen LogP contribution in [0.25, 0.3) is 0 Å². The molecule has 3 fully saturated rings. The van der Waals surface area contributed by atoms with Crippen molar-refractivity contribution in [3.8, 4) is 0 Å². The minimum Gasteiger partial charge on any atom is -0.481 e. The van der Waals surface area contributed by atoms with E-state index in [4.69, 9.17) is 5.11 Å². The Kier molecular flexibility index (Phi) is 4.59. The summed E-state index contributed by atoms with van der Waals surface area (Å²) in [5.74, 6) is 2.87. The van der Waals surface area contributed by atoms with Crippen LogP contribution in [0.4, 0.5) is 0 Å². The van der Waals surface area contributed by atoms with Gasteiger partial charge in [-0.05, 0) is 73.5 Å². The topological polar surface area (TPSA) is 54.4 Å². The van der Waals surface area contributed by atoms with E-state index in [2.05, 4.69) is 27.7 Å². The first-order chi connectivity index (χ1) is 11.2. The minimum absolute atomic E-state index is 0.127. The van der Waals surface area contributed by atoms with Gasteiger partial charge in [0.1, 0.15) is 5.78 Å². The van der Waals surface area contributed by atoms with Crippen LogP contribution >= 0.6 is 0 Å². The first kappa shape index (κ1) is 17.9. The molecule has 24 heavy (non-hydrogen) atoms. The van der Waals surface area contributed by atoms with E-state index in [0.29, 0.717) is 35.9 Å². The van der Waals surface area contributed by atoms with Crippen molar-refractivity contribution in [3.05, 3.63) is 0 Å². The van der Waals surface area contributed by atoms with Crippen LogP contribution in [0.15, 0.2) is 0 Å². The second-order valence-corrected chi connectivity index (χ2v) is 9.62. The van der Waals surface area contributed by atoms with Gasteiger partial charge in [0, 0.05) is 18.3 Å². The number of carbonyl (C=O) groups is 2. The molecule has 3 saturated carbocycles. The molecule has 0 aromatic heterocycles. The average molecular weight is 335 g/mol. The van der Waals surface area contributed by atoms with Gasteiger partial charge in [-0.2, -0.15) is 0 Å². The molecular weight excluding hydrogens is 300 g/mol. The molecule has 3 aliphatic rings. The summed E-state index contributed by atoms with van der Waals surface area (Å²) in [6.45, 7) is 9.32. The normalized spacial score (nSPS) is 45.1. The lowest BCUT2D eigenvalue weighted by atomic mass is 9.48. The largest absolute Gasteiger partial charge is 0.481 e. The third-order valence-electron chi connectivity index (χ3n) is 8.33. The van der Waals surface area contributed by atoms with Gasteiger partial charge >= 0.3 is 5.97 Å². The van der Waals surface area contributed by atoms with Crippen LogP contribution in [-0.2, 0) is 9.59 Å². The predicted molar refractivity (Wildman–Crippen MR) is 94.6 cm³/mol. The fraction of sp³-hybridized carbons (Fsp3) is 0.905. The predicted octanol–water partition coefficient (Wildman–Crippen LogP) is 4.94. The molecule has 3 nitrogen and oxygen atoms in total. The van der Waals surface area contributed by atoms with Crippen molar-refractivity contribution in [3.63, 3.8) is 0 Å². The average Bonchev–Trinajstić information content (AvgIpc) is 2.86. The monoisotopic (exact) mass is 334 g/mol. The van der Waals surface area contributed by atoms with Gasteiger partial charge in [-0.25, -0.2) is 0 Å². The Balaban J connectivity index is 1.86. The number of aliphatic carboxylic acids is 1. The van der Waals surface area contributed by atoms with Crippen LogP contribution in [0.3, 0.4) is 0 Å². The number of carboxylic acids is 1. The summed E-state index contributed by atoms with van der Waals surface area (Å²) < 4.78 is 0. The van der Waals surface area contributed by atoms with Crippen molar-refractivity contribution in [2.24, 2.45) is 40.4 Å². The Labute approximate surface area is 146 Å². The van der Waals surface area contributed by atoms with Crippen molar-refractivity contribution >= 4 is 11.8 Å². The highest BCUT2D eigenvalue weighted by Gasteiger charge is 2.59. The van der Waals surface area contributed by atoms with E-state index in [0.717, 1.165) is 30.6 Å². The van der Waals surface area contributed by atoms with E-state index in [1.165, 1.54) is 19.3 Å². The Morgan fingerprint density at radius 3 is 2.50 bits per heavy atom. The molecule has 3 aliphatic carbocycles. The summed E-state index contributed by atoms with van der Waals surface area (Å²) in [6.07, 6.45) is 7.33. The lowest BCUT2D eigenvalue weighted by Crippen LogP contribution is -2.52. The Morgan fingerprint density at radius 2 is 1.88 bits per heavy atom. The highest BCUT2D eigenvalue weighted by molar-refractivity contribution is 5.86. The highest BCUT2D eigenvalue weighted by atomic mass is 16.4. The number of ketones is 1. The number of hydrogen-bond acceptors (Lipinski definition) is 2. The van der Waals surface area contributed by atoms with Gasteiger partial charge in [0.15, 0.2) is 0 Å². The fourth-order valence-corrected chi connectivity index (χ4v) is 7.10. The lowest BCUT2D eigenvalue weighted by molar-refractivity contribution is -0.148. The van der Waals surface area contributed by atoms with E-state index in [1.807, 2.05) is 0 Å². The van der Waals surface area contributed by atoms with Crippen molar-refractivity contribution in [2.45, 2.75) is 79.1 Å². The molecule has 1 N–H and O–H groups in total. The zero-order valence-corrected chi connectivity index (χ0v) is 15.8. The van der Waals surface area contributed by atoms with Crippen molar-refractivity contribution in [1.29, 1.82) is 0 Å². The van der Waals surface area contributed by atoms with Crippen molar-refractivity contribution in [1.82, 2.24) is 0 Å². The third kappa shape index (κ3) is 2.63. The molecule has 6 atom stereocenters. The molecule has 0 saturated heterocycles. The van der Waals surface area contributed by atoms with Gasteiger partial charge in [0.25, 0.3) is 0 Å². The van der Waals surface area contributed by atoms with E-state index in [1.54, 1.807) is 0 Å². The second kappa shape index (κ2) is 6.14. The molecule has 0 amide bonds. The van der Waals surface area contributed by atoms with Crippen LogP contribution in [0, 0.1) is 40.4 Å². The fourth-order valence-electron chi connectivity index (χ4n) is 7.10. The molecule has 0 bridgehead atoms. The van der Waals surface area contributed by atoms with Crippen LogP contribution in [0.5, 0.6) is 0 Å². The Morgan fingerprint density at radius 1 is 1.17 bits per heavy atom. The second-order valence-electron chi connectivity index (χ2n) is 9.62. The molecule has 0 heterocycles. The van der Waals surface area contributed by atoms with Crippen LogP contribution in [0.1, 0.15) is 79.1 Å². The maximum atomic E-state index is 12.7. The summed E-state index contributed by atoms with van der Waals surface area (Å²) in [7, 11) is 0. The number of Topliss-reactive ketones (excluding diaryl/α,β-unsaturated/α-hetero) is 1. The van der Waals surface area contributed by atoms with Crippen LogP contribution in [-0.4, -0.2) is 16.9 Å². The highest BCUT2D eigenvalue weighted by Crippen LogP contribution is 2.65. The molecule has 136 valence electrons. The van der Waals surface area contributed by atoms with Crippen molar-refractivity contribution < 1.29 is 14.7 Å². The van der Waals surface area contributed by atoms with Gasteiger partial charge in [0.2, 0.25) is 0 Å². The molecule has 0 aromatic rings. The van der Waals surface area contributed by atoms with E-state index < -0.39 is 11.4 Å². The first-order valence-corrected chi connectivity index (χ1v) is 9.95. The number of carboxylic acid groups (broad SMARTS) is 1. The molecule has 3 unspecified atom stereocenters. The summed E-state index contributed by atoms with van der Waals surface area (Å²) in [6, 6.07) is 0. The van der Waals surface area contributed by atoms with E-state index in [-0.39, 0.29) is 6.42 Å². The number of fused-ring (bicyclic) bond motifs is 3. The summed E-state index contributed by atoms with van der Waals surface area (Å²) in [5.41, 5.74) is 0.0297. The number of rotatable bonds is 4. The quantitative estimate of drug-likeness (QED) is 0.792. The van der Waals surface area contributed by atoms with Gasteiger partial charge in [-0.1, -0.05) is 27.7 Å². The summed E-state index contributed by atoms with van der Waals surface area (Å²) in [4.78, 5) is 23.8. The smallest absolute Gasteiger partial charge is 0.303 e. The van der Waals surface area contributed by atoms with Crippen LogP contribution in [0.2, 0.25) is 0 Å². The summed E-state index contributed by atoms with van der Waals surface area (Å²) >= 11 is 0. The van der Waals surface area contributed by atoms with Gasteiger partial charge in [-0.3, -0.25) is 9.59 Å². The lowest BCUT2D eigenvalue weighted by Gasteiger charge is -2.56. The number of hydrogen-bond donors (Lipinski definition) is 1. The number of carbonyl (C=O) groups excluding carboxylic acids is 1. The zero-order valence-electron chi connectivity index (χ0n) is 15.8. The minimum atomic E-state index is -0.771. The molecular formula is C21H34O3. The van der Waals surface area contributed by atoms with Crippen LogP contribution < -0.4 is 0 Å². The van der Waals surface area contributed by atoms with E-state index >= 15 is 0 Å². The van der Waals surface area contributed by atoms with E-state index in [9.17, 15) is 9.59 Å². The molecule has 3 heteroatoms. The maximum absolute atomic E-state index is 12.7. The molecule has 0 aromatic carbocycles. The first-order valence-electron chi connectivity index (χ1n) is 9.95. The standard InChI is InChI=1S/C21H34O3/c1-13(2)15-6-7-16-14-5-8-18(22)21(4,12-10-19(23)24)17(14)9-11-20(15,16)3/h13-17H,5-12H2,1-4H3,(H,23,24)/t14?,15-,16?,17?,20-,21-/m1/s1. The van der Waals surface area contributed by atoms with Gasteiger partial charge in [-0.15, -0.1) is 0 Å². The zero-order chi connectivity index (χ0) is 17.7. The SMILES string of the molecule is CC(C)[C@H]1CCC2C3CCC(=O)[C@](C)(CCC(=O)O)C3CC[C@@]21C. The summed E-state index contributed by atoms with van der Waals surface area (Å²) in [5, 5.41) is 9.12. The third-order valence-corrected chi connectivity index (χ3v) is 8.33. The molecule has 0 radical (unpaired) electrons. The molecule has 0 spiro atoms. The Bertz CT molecular complexity index is 525. The Hall–Kier alpha value is -0.860. The maximum Gasteiger partial charge on any atom is 0.303 e. The van der Waals surface area contributed by atoms with Gasteiger partial charge < -0.3 is 5.11 Å². The van der Waals surface area contributed by atoms with Gasteiger partial charge in [0.05, 0.1) is 0 Å². The molecule has 0 aliphatic heterocycles. The molecule has 3 rings (SSSR count).